The zero-order chi connectivity index (χ0) is 27.0. The number of ether oxygens (including phenoxy) is 3. The van der Waals surface area contributed by atoms with Gasteiger partial charge in [0.25, 0.3) is 11.7 Å². The molecule has 0 radical (unpaired) electrons. The molecule has 194 valence electrons. The summed E-state index contributed by atoms with van der Waals surface area (Å²) >= 11 is 0. The summed E-state index contributed by atoms with van der Waals surface area (Å²) in [6.45, 7) is 2.50. The molecule has 38 heavy (non-hydrogen) atoms. The van der Waals surface area contributed by atoms with Gasteiger partial charge in [0.05, 0.1) is 31.0 Å². The van der Waals surface area contributed by atoms with Gasteiger partial charge in [-0.3, -0.25) is 19.3 Å². The molecule has 1 fully saturated rings. The van der Waals surface area contributed by atoms with Gasteiger partial charge in [0.1, 0.15) is 29.6 Å². The Morgan fingerprint density at radius 3 is 2.50 bits per heavy atom. The van der Waals surface area contributed by atoms with Crippen LogP contribution in [0.5, 0.6) is 17.2 Å². The zero-order valence-electron chi connectivity index (χ0n) is 21.1. The van der Waals surface area contributed by atoms with Gasteiger partial charge in [0.2, 0.25) is 0 Å². The highest BCUT2D eigenvalue weighted by molar-refractivity contribution is 6.51. The van der Waals surface area contributed by atoms with Crippen LogP contribution in [0.3, 0.4) is 0 Å². The molecule has 2 heterocycles. The Labute approximate surface area is 219 Å². The fraction of sp³-hybridized carbons (Fsp3) is 0.207. The molecule has 3 aromatic carbocycles. The second-order valence-electron chi connectivity index (χ2n) is 8.99. The van der Waals surface area contributed by atoms with Crippen LogP contribution in [0.4, 0.5) is 11.4 Å². The lowest BCUT2D eigenvalue weighted by atomic mass is 9.94. The van der Waals surface area contributed by atoms with Gasteiger partial charge in [-0.05, 0) is 60.2 Å². The average molecular weight is 515 g/mol. The molecule has 1 N–H and O–H groups in total. The Bertz CT molecular complexity index is 1460. The number of hydrogen-bond acceptors (Lipinski definition) is 8. The molecule has 9 heteroatoms. The highest BCUT2D eigenvalue weighted by Crippen LogP contribution is 2.44. The number of benzene rings is 3. The van der Waals surface area contributed by atoms with Crippen molar-refractivity contribution in [2.45, 2.75) is 13.0 Å². The number of aliphatic hydroxyl groups excluding tert-OH is 1. The van der Waals surface area contributed by atoms with Gasteiger partial charge >= 0.3 is 5.97 Å². The third-order valence-corrected chi connectivity index (χ3v) is 6.56. The number of aliphatic hydroxyl groups is 1. The lowest BCUT2D eigenvalue weighted by Gasteiger charge is -2.28. The Balaban J connectivity index is 1.69. The number of anilines is 2. The Morgan fingerprint density at radius 1 is 1.03 bits per heavy atom. The summed E-state index contributed by atoms with van der Waals surface area (Å²) in [5, 5.41) is 11.5. The third-order valence-electron chi connectivity index (χ3n) is 6.56. The molecule has 0 saturated carbocycles. The van der Waals surface area contributed by atoms with Crippen LogP contribution in [0, 0.1) is 0 Å². The molecule has 1 saturated heterocycles. The van der Waals surface area contributed by atoms with Gasteiger partial charge < -0.3 is 24.2 Å². The first-order valence-corrected chi connectivity index (χ1v) is 12.0. The second-order valence-corrected chi connectivity index (χ2v) is 8.99. The van der Waals surface area contributed by atoms with Gasteiger partial charge in [0, 0.05) is 25.2 Å². The molecule has 1 unspecified atom stereocenters. The van der Waals surface area contributed by atoms with E-state index < -0.39 is 23.7 Å². The molecule has 2 aliphatic rings. The van der Waals surface area contributed by atoms with E-state index in [9.17, 15) is 19.5 Å². The number of methoxy groups -OCH3 is 1. The maximum absolute atomic E-state index is 13.5. The summed E-state index contributed by atoms with van der Waals surface area (Å²) in [4.78, 5) is 41.8. The van der Waals surface area contributed by atoms with E-state index in [4.69, 9.17) is 14.2 Å². The second kappa shape index (κ2) is 9.93. The number of carbonyl (C=O) groups is 3. The van der Waals surface area contributed by atoms with Gasteiger partial charge in [-0.15, -0.1) is 0 Å². The van der Waals surface area contributed by atoms with E-state index in [0.29, 0.717) is 41.5 Å². The summed E-state index contributed by atoms with van der Waals surface area (Å²) in [5.74, 6) is -0.945. The van der Waals surface area contributed by atoms with Gasteiger partial charge in [0.15, 0.2) is 0 Å². The molecule has 1 atom stereocenters. The van der Waals surface area contributed by atoms with Gasteiger partial charge in [-0.1, -0.05) is 12.1 Å². The van der Waals surface area contributed by atoms with Crippen molar-refractivity contribution in [2.75, 3.05) is 37.1 Å². The number of carbonyl (C=O) groups excluding carboxylic acids is 3. The molecule has 5 rings (SSSR count). The fourth-order valence-corrected chi connectivity index (χ4v) is 4.72. The topological polar surface area (TPSA) is 106 Å². The van der Waals surface area contributed by atoms with Crippen LogP contribution in [0.25, 0.3) is 5.76 Å². The standard InChI is InChI=1S/C29H26N2O7/c1-17(32)38-22-6-4-5-18(15-22)26-25(27(33)19-7-12-24-23(16-19)30(2)13-14-37-24)28(34)29(35)31(26)20-8-10-21(36-3)11-9-20/h4-12,15-16,26,33H,13-14H2,1-3H3/b27-25-. The summed E-state index contributed by atoms with van der Waals surface area (Å²) in [6.07, 6.45) is 0. The first kappa shape index (κ1) is 24.9. The van der Waals surface area contributed by atoms with E-state index in [1.54, 1.807) is 66.7 Å². The quantitative estimate of drug-likeness (QED) is 0.179. The lowest BCUT2D eigenvalue weighted by Crippen LogP contribution is -2.29. The van der Waals surface area contributed by atoms with Gasteiger partial charge in [-0.25, -0.2) is 0 Å². The van der Waals surface area contributed by atoms with Crippen LogP contribution in [0.1, 0.15) is 24.1 Å². The van der Waals surface area contributed by atoms with Crippen LogP contribution < -0.4 is 24.0 Å². The third kappa shape index (κ3) is 4.43. The first-order chi connectivity index (χ1) is 18.3. The number of esters is 1. The van der Waals surface area contributed by atoms with Crippen LogP contribution in [0.15, 0.2) is 72.3 Å². The van der Waals surface area contributed by atoms with E-state index in [-0.39, 0.29) is 17.1 Å². The Morgan fingerprint density at radius 2 is 1.79 bits per heavy atom. The van der Waals surface area contributed by atoms with Crippen molar-refractivity contribution in [3.05, 3.63) is 83.4 Å². The molecule has 1 amide bonds. The minimum absolute atomic E-state index is 0.0786. The fourth-order valence-electron chi connectivity index (χ4n) is 4.72. The minimum Gasteiger partial charge on any atom is -0.507 e. The predicted molar refractivity (Wildman–Crippen MR) is 141 cm³/mol. The van der Waals surface area contributed by atoms with E-state index in [0.717, 1.165) is 5.69 Å². The number of amides is 1. The number of Topliss-reactive ketones (excluding diaryl/α,β-unsaturated/α-hetero) is 1. The molecule has 0 spiro atoms. The van der Waals surface area contributed by atoms with Crippen LogP contribution >= 0.6 is 0 Å². The number of hydrogen-bond donors (Lipinski definition) is 1. The van der Waals surface area contributed by atoms with Gasteiger partial charge in [-0.2, -0.15) is 0 Å². The van der Waals surface area contributed by atoms with Crippen LogP contribution in [-0.2, 0) is 14.4 Å². The largest absolute Gasteiger partial charge is 0.507 e. The monoisotopic (exact) mass is 514 g/mol. The lowest BCUT2D eigenvalue weighted by molar-refractivity contribution is -0.132. The van der Waals surface area contributed by atoms with E-state index in [2.05, 4.69) is 0 Å². The number of rotatable bonds is 5. The molecule has 9 nitrogen and oxygen atoms in total. The number of fused-ring (bicyclic) bond motifs is 1. The summed E-state index contributed by atoms with van der Waals surface area (Å²) in [5.41, 5.74) is 1.98. The predicted octanol–water partition coefficient (Wildman–Crippen LogP) is 4.08. The van der Waals surface area contributed by atoms with E-state index in [1.807, 2.05) is 11.9 Å². The normalized spacial score (nSPS) is 18.1. The molecular weight excluding hydrogens is 488 g/mol. The highest BCUT2D eigenvalue weighted by atomic mass is 16.5. The SMILES string of the molecule is COc1ccc(N2C(=O)C(=O)/C(=C(\O)c3ccc4c(c3)N(C)CCO4)C2c2cccc(OC(C)=O)c2)cc1. The summed E-state index contributed by atoms with van der Waals surface area (Å²) in [7, 11) is 3.44. The van der Waals surface area contributed by atoms with Crippen molar-refractivity contribution in [1.29, 1.82) is 0 Å². The average Bonchev–Trinajstić information content (AvgIpc) is 3.18. The van der Waals surface area contributed by atoms with Crippen LogP contribution in [-0.4, -0.2) is 50.1 Å². The maximum Gasteiger partial charge on any atom is 0.308 e. The summed E-state index contributed by atoms with van der Waals surface area (Å²) < 4.78 is 16.2. The molecule has 2 aliphatic heterocycles. The molecule has 0 aliphatic carbocycles. The Kier molecular flexibility index (Phi) is 6.50. The number of nitrogens with zero attached hydrogens (tertiary/aromatic N) is 2. The smallest absolute Gasteiger partial charge is 0.308 e. The summed E-state index contributed by atoms with van der Waals surface area (Å²) in [6, 6.07) is 17.4. The van der Waals surface area contributed by atoms with Crippen LogP contribution in [0.2, 0.25) is 0 Å². The molecule has 0 aromatic heterocycles. The number of likely N-dealkylation sites (N-methyl/N-ethyl adjacent to an activating group) is 1. The zero-order valence-corrected chi connectivity index (χ0v) is 21.1. The van der Waals surface area contributed by atoms with Crippen molar-refractivity contribution in [3.63, 3.8) is 0 Å². The molecular formula is C29H26N2O7. The van der Waals surface area contributed by atoms with Crippen molar-refractivity contribution in [1.82, 2.24) is 0 Å². The first-order valence-electron chi connectivity index (χ1n) is 12.0. The van der Waals surface area contributed by atoms with Crippen molar-refractivity contribution >= 4 is 34.8 Å². The van der Waals surface area contributed by atoms with Crippen molar-refractivity contribution in [3.8, 4) is 17.2 Å². The molecule has 3 aromatic rings. The van der Waals surface area contributed by atoms with Crippen molar-refractivity contribution < 1.29 is 33.7 Å². The highest BCUT2D eigenvalue weighted by Gasteiger charge is 2.47. The van der Waals surface area contributed by atoms with E-state index in [1.165, 1.54) is 18.9 Å². The Hall–Kier alpha value is -4.79. The molecule has 0 bridgehead atoms. The minimum atomic E-state index is -0.982. The number of ketones is 1. The maximum atomic E-state index is 13.5. The van der Waals surface area contributed by atoms with E-state index >= 15 is 0 Å². The van der Waals surface area contributed by atoms with Crippen molar-refractivity contribution in [2.24, 2.45) is 0 Å².